The molecule has 2 heterocycles. The van der Waals surface area contributed by atoms with Gasteiger partial charge in [-0.2, -0.15) is 0 Å². The van der Waals surface area contributed by atoms with Crippen LogP contribution in [0, 0.1) is 13.8 Å². The SMILES string of the molecule is Cc1ccc(Sc2nc(C(N)=O)nc3c(C)csc23)cc1. The van der Waals surface area contributed by atoms with E-state index in [9.17, 15) is 4.79 Å². The van der Waals surface area contributed by atoms with E-state index in [4.69, 9.17) is 5.73 Å². The molecule has 0 atom stereocenters. The van der Waals surface area contributed by atoms with Crippen molar-refractivity contribution in [1.82, 2.24) is 9.97 Å². The molecule has 3 aromatic rings. The van der Waals surface area contributed by atoms with Gasteiger partial charge in [-0.3, -0.25) is 4.79 Å². The highest BCUT2D eigenvalue weighted by Gasteiger charge is 2.15. The second-order valence-electron chi connectivity index (χ2n) is 4.73. The molecule has 4 nitrogen and oxygen atoms in total. The zero-order valence-corrected chi connectivity index (χ0v) is 13.2. The van der Waals surface area contributed by atoms with E-state index in [0.29, 0.717) is 0 Å². The van der Waals surface area contributed by atoms with Gasteiger partial charge in [-0.1, -0.05) is 29.5 Å². The van der Waals surface area contributed by atoms with Gasteiger partial charge in [0.05, 0.1) is 10.2 Å². The van der Waals surface area contributed by atoms with Gasteiger partial charge in [0.1, 0.15) is 5.03 Å². The van der Waals surface area contributed by atoms with E-state index in [1.165, 1.54) is 17.3 Å². The predicted octanol–water partition coefficient (Wildman–Crippen LogP) is 3.56. The van der Waals surface area contributed by atoms with E-state index in [2.05, 4.69) is 22.1 Å². The van der Waals surface area contributed by atoms with Crippen molar-refractivity contribution in [1.29, 1.82) is 0 Å². The minimum atomic E-state index is -0.603. The van der Waals surface area contributed by atoms with E-state index < -0.39 is 5.91 Å². The summed E-state index contributed by atoms with van der Waals surface area (Å²) in [4.78, 5) is 21.1. The minimum absolute atomic E-state index is 0.0682. The van der Waals surface area contributed by atoms with Crippen LogP contribution in [0.5, 0.6) is 0 Å². The van der Waals surface area contributed by atoms with Crippen LogP contribution in [0.15, 0.2) is 39.6 Å². The summed E-state index contributed by atoms with van der Waals surface area (Å²) in [6, 6.07) is 8.18. The first-order valence-electron chi connectivity index (χ1n) is 6.35. The first kappa shape index (κ1) is 14.0. The first-order valence-corrected chi connectivity index (χ1v) is 8.04. The van der Waals surface area contributed by atoms with Gasteiger partial charge in [-0.25, -0.2) is 9.97 Å². The summed E-state index contributed by atoms with van der Waals surface area (Å²) in [5.41, 5.74) is 8.38. The molecule has 0 radical (unpaired) electrons. The van der Waals surface area contributed by atoms with E-state index in [1.807, 2.05) is 31.4 Å². The molecule has 0 aliphatic rings. The van der Waals surface area contributed by atoms with Crippen LogP contribution in [-0.4, -0.2) is 15.9 Å². The highest BCUT2D eigenvalue weighted by atomic mass is 32.2. The van der Waals surface area contributed by atoms with Crippen molar-refractivity contribution >= 4 is 39.2 Å². The maximum atomic E-state index is 11.4. The summed E-state index contributed by atoms with van der Waals surface area (Å²) < 4.78 is 0.989. The molecule has 0 bridgehead atoms. The number of carbonyl (C=O) groups is 1. The molecule has 0 saturated heterocycles. The molecule has 1 amide bonds. The zero-order chi connectivity index (χ0) is 15.0. The zero-order valence-electron chi connectivity index (χ0n) is 11.6. The number of amides is 1. The van der Waals surface area contributed by atoms with E-state index in [0.717, 1.165) is 25.7 Å². The Balaban J connectivity index is 2.11. The van der Waals surface area contributed by atoms with Gasteiger partial charge in [0.15, 0.2) is 0 Å². The maximum Gasteiger partial charge on any atom is 0.286 e. The van der Waals surface area contributed by atoms with Crippen molar-refractivity contribution in [2.24, 2.45) is 5.73 Å². The molecular formula is C15H13N3OS2. The molecule has 2 N–H and O–H groups in total. The summed E-state index contributed by atoms with van der Waals surface area (Å²) >= 11 is 3.11. The highest BCUT2D eigenvalue weighted by molar-refractivity contribution is 7.99. The molecule has 3 rings (SSSR count). The standard InChI is InChI=1S/C15H13N3OS2/c1-8-3-5-10(6-4-8)21-15-12-11(9(2)7-20-12)17-14(18-15)13(16)19/h3-7H,1-2H3,(H2,16,19). The lowest BCUT2D eigenvalue weighted by atomic mass is 10.2. The molecule has 0 aliphatic heterocycles. The van der Waals surface area contributed by atoms with E-state index in [1.54, 1.807) is 11.3 Å². The summed E-state index contributed by atoms with van der Waals surface area (Å²) in [5, 5.41) is 2.79. The quantitative estimate of drug-likeness (QED) is 0.750. The van der Waals surface area contributed by atoms with Gasteiger partial charge in [-0.05, 0) is 36.9 Å². The van der Waals surface area contributed by atoms with Crippen molar-refractivity contribution in [2.45, 2.75) is 23.8 Å². The molecule has 106 valence electrons. The van der Waals surface area contributed by atoms with Gasteiger partial charge in [0.2, 0.25) is 5.82 Å². The van der Waals surface area contributed by atoms with Crippen molar-refractivity contribution < 1.29 is 4.79 Å². The fourth-order valence-corrected chi connectivity index (χ4v) is 3.86. The Morgan fingerprint density at radius 1 is 1.19 bits per heavy atom. The van der Waals surface area contributed by atoms with Crippen LogP contribution in [0.3, 0.4) is 0 Å². The van der Waals surface area contributed by atoms with Gasteiger partial charge in [0.25, 0.3) is 5.91 Å². The third-order valence-electron chi connectivity index (χ3n) is 3.02. The van der Waals surface area contributed by atoms with E-state index >= 15 is 0 Å². The molecule has 0 aliphatic carbocycles. The predicted molar refractivity (Wildman–Crippen MR) is 86.0 cm³/mol. The fraction of sp³-hybridized carbons (Fsp3) is 0.133. The smallest absolute Gasteiger partial charge is 0.286 e. The van der Waals surface area contributed by atoms with Crippen LogP contribution in [0.4, 0.5) is 0 Å². The summed E-state index contributed by atoms with van der Waals surface area (Å²) in [6.45, 7) is 4.02. The number of nitrogens with two attached hydrogens (primary N) is 1. The first-order chi connectivity index (χ1) is 10.0. The lowest BCUT2D eigenvalue weighted by Crippen LogP contribution is -2.15. The molecule has 21 heavy (non-hydrogen) atoms. The van der Waals surface area contributed by atoms with Crippen LogP contribution in [0.2, 0.25) is 0 Å². The number of aromatic nitrogens is 2. The Morgan fingerprint density at radius 3 is 2.57 bits per heavy atom. The summed E-state index contributed by atoms with van der Waals surface area (Å²) in [5.74, 6) is -0.535. The molecular weight excluding hydrogens is 302 g/mol. The lowest BCUT2D eigenvalue weighted by molar-refractivity contribution is 0.0990. The van der Waals surface area contributed by atoms with Crippen LogP contribution >= 0.6 is 23.1 Å². The number of primary amides is 1. The van der Waals surface area contributed by atoms with E-state index in [-0.39, 0.29) is 5.82 Å². The average Bonchev–Trinajstić information content (AvgIpc) is 2.83. The van der Waals surface area contributed by atoms with Crippen molar-refractivity contribution in [3.05, 3.63) is 46.6 Å². The maximum absolute atomic E-state index is 11.4. The topological polar surface area (TPSA) is 68.9 Å². The Kier molecular flexibility index (Phi) is 3.65. The number of nitrogens with zero attached hydrogens (tertiary/aromatic N) is 2. The van der Waals surface area contributed by atoms with Gasteiger partial charge < -0.3 is 5.73 Å². The normalized spacial score (nSPS) is 11.0. The monoisotopic (exact) mass is 315 g/mol. The average molecular weight is 315 g/mol. The lowest BCUT2D eigenvalue weighted by Gasteiger charge is -2.05. The Bertz CT molecular complexity index is 825. The van der Waals surface area contributed by atoms with Crippen molar-refractivity contribution in [3.8, 4) is 0 Å². The fourth-order valence-electron chi connectivity index (χ4n) is 1.90. The number of hydrogen-bond acceptors (Lipinski definition) is 5. The van der Waals surface area contributed by atoms with Crippen molar-refractivity contribution in [2.75, 3.05) is 0 Å². The Hall–Kier alpha value is -1.92. The largest absolute Gasteiger partial charge is 0.363 e. The highest BCUT2D eigenvalue weighted by Crippen LogP contribution is 2.35. The number of rotatable bonds is 3. The molecule has 0 unspecified atom stereocenters. The van der Waals surface area contributed by atoms with Gasteiger partial charge in [-0.15, -0.1) is 11.3 Å². The molecule has 2 aromatic heterocycles. The molecule has 0 fully saturated rings. The molecule has 0 spiro atoms. The van der Waals surface area contributed by atoms with Gasteiger partial charge in [0, 0.05) is 4.90 Å². The number of fused-ring (bicyclic) bond motifs is 1. The summed E-state index contributed by atoms with van der Waals surface area (Å²) in [6.07, 6.45) is 0. The van der Waals surface area contributed by atoms with Crippen LogP contribution in [0.1, 0.15) is 21.7 Å². The second-order valence-corrected chi connectivity index (χ2v) is 6.67. The van der Waals surface area contributed by atoms with Gasteiger partial charge >= 0.3 is 0 Å². The van der Waals surface area contributed by atoms with Crippen LogP contribution < -0.4 is 5.73 Å². The number of carbonyl (C=O) groups excluding carboxylic acids is 1. The Labute approximate surface area is 130 Å². The second kappa shape index (κ2) is 5.46. The number of thiophene rings is 1. The van der Waals surface area contributed by atoms with Crippen molar-refractivity contribution in [3.63, 3.8) is 0 Å². The van der Waals surface area contributed by atoms with Crippen LogP contribution in [0.25, 0.3) is 10.2 Å². The van der Waals surface area contributed by atoms with Crippen LogP contribution in [-0.2, 0) is 0 Å². The molecule has 0 saturated carbocycles. The Morgan fingerprint density at radius 2 is 1.90 bits per heavy atom. The number of hydrogen-bond donors (Lipinski definition) is 1. The number of aryl methyl sites for hydroxylation is 2. The third kappa shape index (κ3) is 2.77. The molecule has 1 aromatic carbocycles. The third-order valence-corrected chi connectivity index (χ3v) is 5.24. The number of benzene rings is 1. The summed E-state index contributed by atoms with van der Waals surface area (Å²) in [7, 11) is 0. The minimum Gasteiger partial charge on any atom is -0.363 e. The molecule has 6 heteroatoms.